The van der Waals surface area contributed by atoms with Crippen LogP contribution in [0.15, 0.2) is 16.0 Å². The summed E-state index contributed by atoms with van der Waals surface area (Å²) in [6.07, 6.45) is -3.49. The van der Waals surface area contributed by atoms with E-state index in [9.17, 15) is 19.8 Å². The second-order valence-corrected chi connectivity index (χ2v) is 8.03. The normalized spacial score (nSPS) is 24.1. The van der Waals surface area contributed by atoms with Gasteiger partial charge in [0.1, 0.15) is 12.2 Å². The zero-order chi connectivity index (χ0) is 22.0. The van der Waals surface area contributed by atoms with Crippen LogP contribution in [0.25, 0.3) is 10.3 Å². The molecule has 0 radical (unpaired) electrons. The van der Waals surface area contributed by atoms with Crippen LogP contribution in [0.1, 0.15) is 20.1 Å². The average molecular weight is 441 g/mol. The van der Waals surface area contributed by atoms with Crippen molar-refractivity contribution in [3.05, 3.63) is 15.9 Å². The molecule has 0 saturated carbocycles. The first-order valence-electron chi connectivity index (χ1n) is 9.11. The quantitative estimate of drug-likeness (QED) is 0.363. The van der Waals surface area contributed by atoms with Gasteiger partial charge in [0, 0.05) is 14.1 Å². The summed E-state index contributed by atoms with van der Waals surface area (Å²) in [6.45, 7) is 2.74. The highest BCUT2D eigenvalue weighted by atomic mass is 32.1. The van der Waals surface area contributed by atoms with Crippen LogP contribution in [-0.2, 0) is 14.2 Å². The third-order valence-corrected chi connectivity index (χ3v) is 4.94. The molecule has 2 aromatic rings. The van der Waals surface area contributed by atoms with Crippen molar-refractivity contribution >= 4 is 40.1 Å². The number of carbonyl (C=O) groups excluding carboxylic acids is 1. The molecule has 0 amide bonds. The number of thiazole rings is 1. The molecule has 164 valence electrons. The van der Waals surface area contributed by atoms with Gasteiger partial charge < -0.3 is 29.3 Å². The van der Waals surface area contributed by atoms with Crippen LogP contribution in [0.3, 0.4) is 0 Å². The molecule has 3 rings (SSSR count). The zero-order valence-corrected chi connectivity index (χ0v) is 17.6. The fourth-order valence-corrected chi connectivity index (χ4v) is 3.63. The van der Waals surface area contributed by atoms with Crippen LogP contribution in [0.2, 0.25) is 0 Å². The number of rotatable bonds is 6. The van der Waals surface area contributed by atoms with Crippen LogP contribution in [0.4, 0.5) is 10.7 Å². The zero-order valence-electron chi connectivity index (χ0n) is 16.8. The van der Waals surface area contributed by atoms with Gasteiger partial charge >= 0.3 is 11.0 Å². The molecule has 2 N–H and O–H groups in total. The lowest BCUT2D eigenvalue weighted by Gasteiger charge is -2.21. The van der Waals surface area contributed by atoms with Crippen molar-refractivity contribution in [1.29, 1.82) is 0 Å². The highest BCUT2D eigenvalue weighted by Crippen LogP contribution is 2.34. The van der Waals surface area contributed by atoms with E-state index in [1.54, 1.807) is 32.8 Å². The number of nitrogens with zero attached hydrogens (tertiary/aromatic N) is 5. The Morgan fingerprint density at radius 2 is 2.23 bits per heavy atom. The Morgan fingerprint density at radius 1 is 1.50 bits per heavy atom. The molecule has 2 aromatic heterocycles. The number of aliphatic hydroxyl groups is 2. The van der Waals surface area contributed by atoms with E-state index in [0.29, 0.717) is 4.70 Å². The molecule has 1 fully saturated rings. The summed E-state index contributed by atoms with van der Waals surface area (Å²) in [5.74, 6) is 0.108. The van der Waals surface area contributed by atoms with Crippen molar-refractivity contribution < 1.29 is 29.2 Å². The topological polar surface area (TPSA) is 149 Å². The fourth-order valence-electron chi connectivity index (χ4n) is 2.82. The Bertz CT molecular complexity index is 989. The minimum Gasteiger partial charge on any atom is -0.432 e. The van der Waals surface area contributed by atoms with E-state index < -0.39 is 48.3 Å². The smallest absolute Gasteiger partial charge is 0.432 e. The van der Waals surface area contributed by atoms with Crippen molar-refractivity contribution in [3.63, 3.8) is 0 Å². The third-order valence-electron chi connectivity index (χ3n) is 4.06. The first-order chi connectivity index (χ1) is 14.2. The van der Waals surface area contributed by atoms with Crippen molar-refractivity contribution in [2.24, 2.45) is 4.99 Å². The van der Waals surface area contributed by atoms with Gasteiger partial charge in [0.15, 0.2) is 18.0 Å². The number of aromatic nitrogens is 3. The molecule has 0 spiro atoms. The Morgan fingerprint density at radius 3 is 2.87 bits per heavy atom. The van der Waals surface area contributed by atoms with Gasteiger partial charge in [-0.3, -0.25) is 9.36 Å². The lowest BCUT2D eigenvalue weighted by molar-refractivity contribution is -0.0673. The van der Waals surface area contributed by atoms with E-state index in [0.717, 1.165) is 15.9 Å². The van der Waals surface area contributed by atoms with E-state index >= 15 is 0 Å². The van der Waals surface area contributed by atoms with Gasteiger partial charge in [-0.15, -0.1) is 0 Å². The van der Waals surface area contributed by atoms with Gasteiger partial charge in [0.05, 0.1) is 29.9 Å². The summed E-state index contributed by atoms with van der Waals surface area (Å²) in [5, 5.41) is 20.0. The number of carbonyl (C=O) groups is 1. The monoisotopic (exact) mass is 441 g/mol. The summed E-state index contributed by atoms with van der Waals surface area (Å²) in [5.41, 5.74) is 0.201. The number of aliphatic imine (C=N–C) groups is 1. The van der Waals surface area contributed by atoms with Crippen molar-refractivity contribution in [2.75, 3.05) is 20.7 Å². The lowest BCUT2D eigenvalue weighted by atomic mass is 10.1. The summed E-state index contributed by atoms with van der Waals surface area (Å²) in [7, 11) is 3.56. The minimum absolute atomic E-state index is 0.108. The first-order valence-corrected chi connectivity index (χ1v) is 9.93. The minimum atomic E-state index is -1.38. The molecule has 12 nitrogen and oxygen atoms in total. The Hall–Kier alpha value is -2.61. The van der Waals surface area contributed by atoms with E-state index in [-0.39, 0.29) is 11.6 Å². The maximum absolute atomic E-state index is 12.7. The number of aliphatic hydroxyl groups excluding tert-OH is 2. The highest BCUT2D eigenvalue weighted by Gasteiger charge is 2.48. The molecule has 13 heteroatoms. The van der Waals surface area contributed by atoms with E-state index in [2.05, 4.69) is 15.0 Å². The van der Waals surface area contributed by atoms with Crippen LogP contribution < -0.4 is 4.87 Å². The molecular formula is C17H23N5O7S. The fraction of sp³-hybridized carbons (Fsp3) is 0.588. The van der Waals surface area contributed by atoms with Crippen LogP contribution in [0, 0.1) is 0 Å². The molecule has 0 aromatic carbocycles. The lowest BCUT2D eigenvalue weighted by Crippen LogP contribution is -2.38. The summed E-state index contributed by atoms with van der Waals surface area (Å²) >= 11 is 0.865. The van der Waals surface area contributed by atoms with E-state index in [1.807, 2.05) is 0 Å². The van der Waals surface area contributed by atoms with Crippen LogP contribution in [-0.4, -0.2) is 87.3 Å². The third kappa shape index (κ3) is 4.59. The largest absolute Gasteiger partial charge is 0.509 e. The summed E-state index contributed by atoms with van der Waals surface area (Å²) in [6, 6.07) is 0. The molecule has 3 heterocycles. The van der Waals surface area contributed by atoms with Crippen LogP contribution in [0.5, 0.6) is 0 Å². The van der Waals surface area contributed by atoms with Gasteiger partial charge in [-0.25, -0.2) is 14.8 Å². The molecule has 0 aliphatic carbocycles. The molecule has 1 aliphatic rings. The Balaban J connectivity index is 2.02. The number of fused-ring (bicyclic) bond motifs is 1. The molecule has 0 bridgehead atoms. The van der Waals surface area contributed by atoms with Gasteiger partial charge in [0.25, 0.3) is 5.95 Å². The van der Waals surface area contributed by atoms with Gasteiger partial charge in [-0.2, -0.15) is 4.98 Å². The molecular weight excluding hydrogens is 418 g/mol. The van der Waals surface area contributed by atoms with E-state index in [1.165, 1.54) is 12.5 Å². The molecule has 30 heavy (non-hydrogen) atoms. The molecule has 1 aliphatic heterocycles. The SMILES string of the molecule is CC(C)OC(=O)O[C@@H]1[C@@H](O)[C@@H](CO)O[C@H]1n1c(=O)sc2cnc(/N=C\N(C)C)nc21. The second-order valence-electron chi connectivity index (χ2n) is 7.04. The van der Waals surface area contributed by atoms with Crippen molar-refractivity contribution in [3.8, 4) is 0 Å². The highest BCUT2D eigenvalue weighted by molar-refractivity contribution is 7.16. The maximum Gasteiger partial charge on any atom is 0.509 e. The maximum atomic E-state index is 12.7. The standard InChI is InChI=1S/C17H23N5O7S/c1-8(2)27-17(26)29-12-11(24)9(6-23)28-14(12)22-13-10(30-16(22)25)5-18-15(20-13)19-7-21(3)4/h5,7-9,11-12,14,23-24H,6H2,1-4H3/b19-7-/t9-,11+,12-,14-/m1/s1. The van der Waals surface area contributed by atoms with Crippen LogP contribution >= 0.6 is 11.3 Å². The summed E-state index contributed by atoms with van der Waals surface area (Å²) in [4.78, 5) is 38.4. The Labute approximate surface area is 175 Å². The van der Waals surface area contributed by atoms with E-state index in [4.69, 9.17) is 14.2 Å². The average Bonchev–Trinajstić information content (AvgIpc) is 3.15. The second kappa shape index (κ2) is 9.04. The predicted molar refractivity (Wildman–Crippen MR) is 107 cm³/mol. The number of ether oxygens (including phenoxy) is 3. The first kappa shape index (κ1) is 22.1. The van der Waals surface area contributed by atoms with Crippen molar-refractivity contribution in [2.45, 2.75) is 44.5 Å². The number of hydrogen-bond donors (Lipinski definition) is 2. The Kier molecular flexibility index (Phi) is 6.65. The number of hydrogen-bond acceptors (Lipinski definition) is 11. The summed E-state index contributed by atoms with van der Waals surface area (Å²) < 4.78 is 17.4. The van der Waals surface area contributed by atoms with Gasteiger partial charge in [-0.05, 0) is 13.8 Å². The molecule has 4 atom stereocenters. The van der Waals surface area contributed by atoms with Gasteiger partial charge in [-0.1, -0.05) is 11.3 Å². The predicted octanol–water partition coefficient (Wildman–Crippen LogP) is 0.255. The molecule has 0 unspecified atom stereocenters. The molecule has 1 saturated heterocycles. The van der Waals surface area contributed by atoms with Gasteiger partial charge in [0.2, 0.25) is 0 Å². The van der Waals surface area contributed by atoms with Crippen molar-refractivity contribution in [1.82, 2.24) is 19.4 Å².